The summed E-state index contributed by atoms with van der Waals surface area (Å²) >= 11 is 3.44. The van der Waals surface area contributed by atoms with Crippen LogP contribution in [0.1, 0.15) is 55.0 Å². The van der Waals surface area contributed by atoms with E-state index in [0.29, 0.717) is 0 Å². The summed E-state index contributed by atoms with van der Waals surface area (Å²) in [7, 11) is 0. The van der Waals surface area contributed by atoms with E-state index >= 15 is 0 Å². The summed E-state index contributed by atoms with van der Waals surface area (Å²) in [6.45, 7) is 12.5. The third-order valence-corrected chi connectivity index (χ3v) is 8.14. The lowest BCUT2D eigenvalue weighted by molar-refractivity contribution is -0.127. The lowest BCUT2D eigenvalue weighted by Gasteiger charge is -2.35. The molecule has 1 N–H and O–H groups in total. The Morgan fingerprint density at radius 1 is 1.23 bits per heavy atom. The minimum Gasteiger partial charge on any atom is -0.356 e. The summed E-state index contributed by atoms with van der Waals surface area (Å²) in [6, 6.07) is 4.22. The van der Waals surface area contributed by atoms with Gasteiger partial charge in [-0.15, -0.1) is 22.7 Å². The Kier molecular flexibility index (Phi) is 5.86. The number of aromatic nitrogens is 2. The third-order valence-electron chi connectivity index (χ3n) is 6.09. The van der Waals surface area contributed by atoms with Gasteiger partial charge in [-0.05, 0) is 49.1 Å². The van der Waals surface area contributed by atoms with E-state index in [9.17, 15) is 4.79 Å². The van der Waals surface area contributed by atoms with Crippen molar-refractivity contribution in [1.29, 1.82) is 0 Å². The molecule has 30 heavy (non-hydrogen) atoms. The molecule has 1 unspecified atom stereocenters. The maximum absolute atomic E-state index is 13.1. The van der Waals surface area contributed by atoms with Crippen LogP contribution in [0.4, 0.5) is 5.82 Å². The summed E-state index contributed by atoms with van der Waals surface area (Å²) in [5.74, 6) is 1.25. The quantitative estimate of drug-likeness (QED) is 0.580. The van der Waals surface area contributed by atoms with Gasteiger partial charge in [0, 0.05) is 28.8 Å². The van der Waals surface area contributed by atoms with Crippen LogP contribution in [0.3, 0.4) is 0 Å². The molecule has 1 fully saturated rings. The molecule has 3 aromatic rings. The van der Waals surface area contributed by atoms with Gasteiger partial charge in [0.05, 0.1) is 11.4 Å². The van der Waals surface area contributed by atoms with E-state index < -0.39 is 0 Å². The molecule has 4 heterocycles. The standard InChI is InChI=1S/C23H30N4OS2/c1-14-15(2)30-22-18(14)20(24-13-25-22)27-10-8-16(9-11-27)21(28)26-19(23(3,4)5)17-7-6-12-29-17/h6-7,12-13,16,19H,8-11H2,1-5H3,(H,26,28). The molecule has 0 spiro atoms. The van der Waals surface area contributed by atoms with Crippen molar-refractivity contribution >= 4 is 44.6 Å². The first-order chi connectivity index (χ1) is 14.3. The zero-order valence-corrected chi connectivity index (χ0v) is 20.0. The molecular weight excluding hydrogens is 412 g/mol. The molecular formula is C23H30N4OS2. The predicted octanol–water partition coefficient (Wildman–Crippen LogP) is 5.49. The van der Waals surface area contributed by atoms with E-state index in [1.807, 2.05) is 0 Å². The largest absolute Gasteiger partial charge is 0.356 e. The molecule has 1 atom stereocenters. The Hall–Kier alpha value is -1.99. The Labute approximate surface area is 186 Å². The molecule has 0 bridgehead atoms. The minimum absolute atomic E-state index is 0.0257. The molecule has 0 aromatic carbocycles. The molecule has 1 aliphatic heterocycles. The molecule has 7 heteroatoms. The van der Waals surface area contributed by atoms with Gasteiger partial charge in [0.1, 0.15) is 17.0 Å². The van der Waals surface area contributed by atoms with Crippen LogP contribution < -0.4 is 10.2 Å². The van der Waals surface area contributed by atoms with Gasteiger partial charge >= 0.3 is 0 Å². The number of anilines is 1. The zero-order chi connectivity index (χ0) is 21.5. The summed E-state index contributed by atoms with van der Waals surface area (Å²) in [5.41, 5.74) is 1.25. The summed E-state index contributed by atoms with van der Waals surface area (Å²) in [4.78, 5) is 28.1. The number of carbonyl (C=O) groups excluding carboxylic acids is 1. The summed E-state index contributed by atoms with van der Waals surface area (Å²) in [5, 5.41) is 6.61. The first kappa shape index (κ1) is 21.2. The van der Waals surface area contributed by atoms with Gasteiger partial charge in [0.2, 0.25) is 5.91 Å². The lowest BCUT2D eigenvalue weighted by Crippen LogP contribution is -2.44. The molecule has 0 radical (unpaired) electrons. The normalized spacial score (nSPS) is 16.8. The van der Waals surface area contributed by atoms with Crippen molar-refractivity contribution in [2.75, 3.05) is 18.0 Å². The van der Waals surface area contributed by atoms with E-state index in [4.69, 9.17) is 0 Å². The highest BCUT2D eigenvalue weighted by Crippen LogP contribution is 2.37. The molecule has 5 nitrogen and oxygen atoms in total. The van der Waals surface area contributed by atoms with Crippen LogP contribution in [-0.2, 0) is 4.79 Å². The number of amides is 1. The first-order valence-corrected chi connectivity index (χ1v) is 12.2. The second kappa shape index (κ2) is 8.27. The van der Waals surface area contributed by atoms with Gasteiger partial charge in [-0.1, -0.05) is 26.8 Å². The van der Waals surface area contributed by atoms with Gasteiger partial charge in [-0.3, -0.25) is 4.79 Å². The van der Waals surface area contributed by atoms with E-state index in [2.05, 4.69) is 72.3 Å². The van der Waals surface area contributed by atoms with Crippen LogP contribution in [0.15, 0.2) is 23.8 Å². The molecule has 0 saturated carbocycles. The van der Waals surface area contributed by atoms with Gasteiger partial charge in [0.25, 0.3) is 0 Å². The summed E-state index contributed by atoms with van der Waals surface area (Å²) < 4.78 is 0. The van der Waals surface area contributed by atoms with Gasteiger partial charge < -0.3 is 10.2 Å². The average molecular weight is 443 g/mol. The van der Waals surface area contributed by atoms with Crippen molar-refractivity contribution in [3.05, 3.63) is 39.2 Å². The molecule has 1 saturated heterocycles. The molecule has 3 aromatic heterocycles. The fourth-order valence-electron chi connectivity index (χ4n) is 4.19. The number of nitrogens with zero attached hydrogens (tertiary/aromatic N) is 3. The van der Waals surface area contributed by atoms with Crippen molar-refractivity contribution < 1.29 is 4.79 Å². The smallest absolute Gasteiger partial charge is 0.223 e. The van der Waals surface area contributed by atoms with E-state index in [1.54, 1.807) is 29.0 Å². The van der Waals surface area contributed by atoms with Crippen molar-refractivity contribution in [2.24, 2.45) is 11.3 Å². The van der Waals surface area contributed by atoms with E-state index in [1.165, 1.54) is 20.7 Å². The average Bonchev–Trinajstić information content (AvgIpc) is 3.33. The number of hydrogen-bond donors (Lipinski definition) is 1. The molecule has 160 valence electrons. The van der Waals surface area contributed by atoms with Crippen molar-refractivity contribution in [2.45, 2.75) is 53.5 Å². The second-order valence-electron chi connectivity index (χ2n) is 9.25. The molecule has 1 amide bonds. The van der Waals surface area contributed by atoms with Crippen LogP contribution in [0.5, 0.6) is 0 Å². The lowest BCUT2D eigenvalue weighted by atomic mass is 9.85. The first-order valence-electron chi connectivity index (χ1n) is 10.5. The number of hydrogen-bond acceptors (Lipinski definition) is 6. The highest BCUT2D eigenvalue weighted by Gasteiger charge is 2.33. The molecule has 1 aliphatic rings. The third kappa shape index (κ3) is 4.10. The van der Waals surface area contributed by atoms with Gasteiger partial charge in [-0.2, -0.15) is 0 Å². The van der Waals surface area contributed by atoms with Gasteiger partial charge in [-0.25, -0.2) is 9.97 Å². The van der Waals surface area contributed by atoms with E-state index in [0.717, 1.165) is 36.6 Å². The number of rotatable bonds is 4. The SMILES string of the molecule is Cc1sc2ncnc(N3CCC(C(=O)NC(c4cccs4)C(C)(C)C)CC3)c2c1C. The van der Waals surface area contributed by atoms with Gasteiger partial charge in [0.15, 0.2) is 0 Å². The Balaban J connectivity index is 1.45. The van der Waals surface area contributed by atoms with Crippen molar-refractivity contribution in [3.8, 4) is 0 Å². The maximum atomic E-state index is 13.1. The highest BCUT2D eigenvalue weighted by atomic mass is 32.1. The Morgan fingerprint density at radius 2 is 1.97 bits per heavy atom. The van der Waals surface area contributed by atoms with Crippen LogP contribution in [0.25, 0.3) is 10.2 Å². The second-order valence-corrected chi connectivity index (χ2v) is 11.4. The van der Waals surface area contributed by atoms with Crippen LogP contribution in [0, 0.1) is 25.2 Å². The summed E-state index contributed by atoms with van der Waals surface area (Å²) in [6.07, 6.45) is 3.36. The number of carbonyl (C=O) groups is 1. The monoisotopic (exact) mass is 442 g/mol. The number of aryl methyl sites for hydroxylation is 2. The molecule has 0 aliphatic carbocycles. The number of piperidine rings is 1. The van der Waals surface area contributed by atoms with Crippen LogP contribution >= 0.6 is 22.7 Å². The number of thiophene rings is 2. The zero-order valence-electron chi connectivity index (χ0n) is 18.4. The predicted molar refractivity (Wildman–Crippen MR) is 126 cm³/mol. The Bertz CT molecular complexity index is 1030. The topological polar surface area (TPSA) is 58.1 Å². The molecule has 4 rings (SSSR count). The fourth-order valence-corrected chi connectivity index (χ4v) is 6.20. The minimum atomic E-state index is -0.0257. The maximum Gasteiger partial charge on any atom is 0.223 e. The van der Waals surface area contributed by atoms with Crippen molar-refractivity contribution in [3.63, 3.8) is 0 Å². The van der Waals surface area contributed by atoms with E-state index in [-0.39, 0.29) is 23.3 Å². The van der Waals surface area contributed by atoms with Crippen molar-refractivity contribution in [1.82, 2.24) is 15.3 Å². The number of nitrogens with one attached hydrogen (secondary N) is 1. The fraction of sp³-hybridized carbons (Fsp3) is 0.522. The van der Waals surface area contributed by atoms with Crippen LogP contribution in [0.2, 0.25) is 0 Å². The number of fused-ring (bicyclic) bond motifs is 1. The van der Waals surface area contributed by atoms with Crippen LogP contribution in [-0.4, -0.2) is 29.0 Å². The highest BCUT2D eigenvalue weighted by molar-refractivity contribution is 7.18. The Morgan fingerprint density at radius 3 is 2.60 bits per heavy atom.